The number of esters is 1. The Morgan fingerprint density at radius 3 is 2.41 bits per heavy atom. The predicted octanol–water partition coefficient (Wildman–Crippen LogP) is 5.86. The van der Waals surface area contributed by atoms with Gasteiger partial charge in [-0.3, -0.25) is 0 Å². The Morgan fingerprint density at radius 1 is 0.971 bits per heavy atom. The average molecular weight is 469 g/mol. The van der Waals surface area contributed by atoms with Gasteiger partial charge in [0, 0.05) is 30.8 Å². The van der Waals surface area contributed by atoms with Gasteiger partial charge < -0.3 is 18.9 Å². The van der Waals surface area contributed by atoms with Crippen molar-refractivity contribution in [1.82, 2.24) is 9.97 Å². The molecule has 34 heavy (non-hydrogen) atoms. The molecule has 2 fully saturated rings. The van der Waals surface area contributed by atoms with Crippen LogP contribution in [0.5, 0.6) is 11.8 Å². The predicted molar refractivity (Wildman–Crippen MR) is 129 cm³/mol. The van der Waals surface area contributed by atoms with Crippen LogP contribution in [0.25, 0.3) is 11.1 Å². The minimum absolute atomic E-state index is 0.252. The molecular weight excluding hydrogens is 432 g/mol. The Morgan fingerprint density at radius 2 is 1.68 bits per heavy atom. The van der Waals surface area contributed by atoms with Gasteiger partial charge in [0.15, 0.2) is 11.9 Å². The van der Waals surface area contributed by atoms with Gasteiger partial charge in [-0.15, -0.1) is 0 Å². The molecule has 1 saturated heterocycles. The summed E-state index contributed by atoms with van der Waals surface area (Å²) in [6.45, 7) is 3.12. The van der Waals surface area contributed by atoms with Crippen molar-refractivity contribution in [1.29, 1.82) is 0 Å². The molecule has 1 aromatic carbocycles. The van der Waals surface area contributed by atoms with Crippen LogP contribution in [0.1, 0.15) is 77.6 Å². The van der Waals surface area contributed by atoms with E-state index in [-0.39, 0.29) is 6.61 Å². The zero-order valence-corrected chi connectivity index (χ0v) is 20.2. The van der Waals surface area contributed by atoms with Gasteiger partial charge in [0.1, 0.15) is 5.75 Å². The largest absolute Gasteiger partial charge is 0.463 e. The van der Waals surface area contributed by atoms with Gasteiger partial charge >= 0.3 is 12.0 Å². The molecule has 4 rings (SSSR count). The molecule has 2 aromatic rings. The molecular formula is C27H36N2O5. The maximum atomic E-state index is 12.5. The summed E-state index contributed by atoms with van der Waals surface area (Å²) in [4.78, 5) is 21.2. The molecule has 1 saturated carbocycles. The number of benzene rings is 1. The first-order valence-corrected chi connectivity index (χ1v) is 12.8. The van der Waals surface area contributed by atoms with Crippen LogP contribution in [0.15, 0.2) is 36.7 Å². The van der Waals surface area contributed by atoms with Crippen molar-refractivity contribution in [2.45, 2.75) is 89.4 Å². The van der Waals surface area contributed by atoms with Gasteiger partial charge in [-0.05, 0) is 37.0 Å². The van der Waals surface area contributed by atoms with Crippen molar-refractivity contribution in [2.24, 2.45) is 0 Å². The topological polar surface area (TPSA) is 79.8 Å². The molecule has 2 aliphatic rings. The third kappa shape index (κ3) is 6.76. The summed E-state index contributed by atoms with van der Waals surface area (Å²) in [5.41, 5.74) is 1.81. The lowest BCUT2D eigenvalue weighted by Gasteiger charge is -2.31. The summed E-state index contributed by atoms with van der Waals surface area (Å²) in [5, 5.41) is 0. The fourth-order valence-corrected chi connectivity index (χ4v) is 4.51. The third-order valence-electron chi connectivity index (χ3n) is 6.50. The molecule has 1 spiro atoms. The third-order valence-corrected chi connectivity index (χ3v) is 6.50. The second-order valence-corrected chi connectivity index (χ2v) is 9.20. The van der Waals surface area contributed by atoms with Crippen molar-refractivity contribution >= 4 is 5.97 Å². The Kier molecular flexibility index (Phi) is 8.88. The number of aromatic nitrogens is 2. The van der Waals surface area contributed by atoms with Crippen LogP contribution in [0.2, 0.25) is 0 Å². The summed E-state index contributed by atoms with van der Waals surface area (Å²) in [5.74, 6) is -0.525. The first-order chi connectivity index (χ1) is 16.7. The number of carbonyl (C=O) groups is 1. The van der Waals surface area contributed by atoms with Crippen LogP contribution in [-0.4, -0.2) is 41.0 Å². The van der Waals surface area contributed by atoms with E-state index in [4.69, 9.17) is 18.9 Å². The van der Waals surface area contributed by atoms with Gasteiger partial charge in [-0.25, -0.2) is 14.8 Å². The molecule has 0 bridgehead atoms. The number of nitrogens with zero attached hydrogens (tertiary/aromatic N) is 2. The maximum absolute atomic E-state index is 12.5. The zero-order chi connectivity index (χ0) is 23.6. The lowest BCUT2D eigenvalue weighted by atomic mass is 9.94. The normalized spacial score (nSPS) is 19.3. The van der Waals surface area contributed by atoms with E-state index >= 15 is 0 Å². The quantitative estimate of drug-likeness (QED) is 0.232. The minimum atomic E-state index is -0.671. The van der Waals surface area contributed by atoms with Crippen LogP contribution < -0.4 is 9.47 Å². The number of hydrogen-bond acceptors (Lipinski definition) is 7. The highest BCUT2D eigenvalue weighted by Crippen LogP contribution is 2.38. The van der Waals surface area contributed by atoms with Crippen molar-refractivity contribution in [3.63, 3.8) is 0 Å². The first-order valence-electron chi connectivity index (χ1n) is 12.8. The Labute approximate surface area is 202 Å². The lowest BCUT2D eigenvalue weighted by Crippen LogP contribution is -2.35. The average Bonchev–Trinajstić information content (AvgIpc) is 3.28. The number of unbranched alkanes of at least 4 members (excludes halogenated alkanes) is 5. The van der Waals surface area contributed by atoms with Crippen LogP contribution in [0.4, 0.5) is 0 Å². The van der Waals surface area contributed by atoms with Gasteiger partial charge in [0.2, 0.25) is 0 Å². The Balaban J connectivity index is 1.22. The van der Waals surface area contributed by atoms with Crippen LogP contribution in [0.3, 0.4) is 0 Å². The molecule has 1 aliphatic heterocycles. The molecule has 7 nitrogen and oxygen atoms in total. The van der Waals surface area contributed by atoms with E-state index in [9.17, 15) is 4.79 Å². The minimum Gasteiger partial charge on any atom is -0.463 e. The molecule has 184 valence electrons. The second-order valence-electron chi connectivity index (χ2n) is 9.20. The van der Waals surface area contributed by atoms with E-state index in [1.54, 1.807) is 24.5 Å². The number of ether oxygens (including phenoxy) is 4. The van der Waals surface area contributed by atoms with Gasteiger partial charge in [-0.1, -0.05) is 57.6 Å². The van der Waals surface area contributed by atoms with Crippen molar-refractivity contribution in [3.05, 3.63) is 36.7 Å². The summed E-state index contributed by atoms with van der Waals surface area (Å²) in [7, 11) is 0. The molecule has 1 atom stereocenters. The monoisotopic (exact) mass is 468 g/mol. The second kappa shape index (κ2) is 12.3. The standard InChI is InChI=1S/C27H36N2O5/c1-2-3-4-5-6-10-17-31-26-28-18-22(19-29-26)21-11-13-23(14-12-21)33-25(30)24-20-32-27(34-24)15-8-7-9-16-27/h11-14,18-19,24H,2-10,15-17,20H2,1H3. The summed E-state index contributed by atoms with van der Waals surface area (Å²) < 4.78 is 23.0. The zero-order valence-electron chi connectivity index (χ0n) is 20.2. The fraction of sp³-hybridized carbons (Fsp3) is 0.593. The SMILES string of the molecule is CCCCCCCCOc1ncc(-c2ccc(OC(=O)C3COC4(CCCCC4)O3)cc2)cn1. The van der Waals surface area contributed by atoms with E-state index in [0.29, 0.717) is 18.4 Å². The summed E-state index contributed by atoms with van der Waals surface area (Å²) in [6.07, 6.45) is 15.2. The van der Waals surface area contributed by atoms with E-state index in [2.05, 4.69) is 16.9 Å². The Hall–Kier alpha value is -2.51. The number of hydrogen-bond donors (Lipinski definition) is 0. The molecule has 0 N–H and O–H groups in total. The van der Waals surface area contributed by atoms with Gasteiger partial charge in [-0.2, -0.15) is 0 Å². The van der Waals surface area contributed by atoms with E-state index in [1.807, 2.05) is 12.1 Å². The van der Waals surface area contributed by atoms with Gasteiger partial charge in [0.25, 0.3) is 0 Å². The molecule has 7 heteroatoms. The van der Waals surface area contributed by atoms with E-state index < -0.39 is 17.9 Å². The molecule has 0 amide bonds. The number of rotatable bonds is 11. The maximum Gasteiger partial charge on any atom is 0.343 e. The first kappa shape index (κ1) is 24.6. The highest BCUT2D eigenvalue weighted by molar-refractivity contribution is 5.78. The van der Waals surface area contributed by atoms with Crippen LogP contribution in [-0.2, 0) is 14.3 Å². The lowest BCUT2D eigenvalue weighted by molar-refractivity contribution is -0.193. The molecule has 1 aromatic heterocycles. The van der Waals surface area contributed by atoms with Crippen LogP contribution >= 0.6 is 0 Å². The summed E-state index contributed by atoms with van der Waals surface area (Å²) in [6, 6.07) is 7.70. The van der Waals surface area contributed by atoms with Crippen molar-refractivity contribution in [3.8, 4) is 22.9 Å². The van der Waals surface area contributed by atoms with E-state index in [0.717, 1.165) is 43.2 Å². The molecule has 0 radical (unpaired) electrons. The highest BCUT2D eigenvalue weighted by Gasteiger charge is 2.45. The molecule has 1 aliphatic carbocycles. The van der Waals surface area contributed by atoms with Crippen molar-refractivity contribution < 1.29 is 23.7 Å². The van der Waals surface area contributed by atoms with Crippen LogP contribution in [0, 0.1) is 0 Å². The summed E-state index contributed by atoms with van der Waals surface area (Å²) >= 11 is 0. The fourth-order valence-electron chi connectivity index (χ4n) is 4.51. The molecule has 2 heterocycles. The van der Waals surface area contributed by atoms with E-state index in [1.165, 1.54) is 38.5 Å². The highest BCUT2D eigenvalue weighted by atomic mass is 16.8. The van der Waals surface area contributed by atoms with Crippen molar-refractivity contribution in [2.75, 3.05) is 13.2 Å². The van der Waals surface area contributed by atoms with Gasteiger partial charge in [0.05, 0.1) is 13.2 Å². The number of carbonyl (C=O) groups excluding carboxylic acids is 1. The smallest absolute Gasteiger partial charge is 0.343 e. The molecule has 1 unspecified atom stereocenters. The Bertz CT molecular complexity index is 894.